The summed E-state index contributed by atoms with van der Waals surface area (Å²) in [5.74, 6) is 4.08. The minimum Gasteiger partial charge on any atom is -0.293 e. The van der Waals surface area contributed by atoms with Gasteiger partial charge in [-0.05, 0) is 13.8 Å². The average molecular weight is 180 g/mol. The summed E-state index contributed by atoms with van der Waals surface area (Å²) >= 11 is 0. The molecule has 1 amide bonds. The van der Waals surface area contributed by atoms with Crippen LogP contribution in [0.5, 0.6) is 0 Å². The fraction of sp³-hybridized carbons (Fsp3) is 0.800. The van der Waals surface area contributed by atoms with E-state index in [2.05, 4.69) is 0 Å². The molecule has 0 aromatic rings. The van der Waals surface area contributed by atoms with Crippen molar-refractivity contribution in [3.05, 3.63) is 0 Å². The van der Waals surface area contributed by atoms with Gasteiger partial charge in [-0.2, -0.15) is 0 Å². The molecule has 0 aliphatic rings. The van der Waals surface area contributed by atoms with E-state index in [0.717, 1.165) is 6.26 Å². The molecule has 11 heavy (non-hydrogen) atoms. The van der Waals surface area contributed by atoms with Crippen molar-refractivity contribution in [1.82, 2.24) is 5.43 Å². The van der Waals surface area contributed by atoms with Gasteiger partial charge in [0, 0.05) is 6.26 Å². The molecule has 3 N–H and O–H groups in total. The lowest BCUT2D eigenvalue weighted by Crippen LogP contribution is -2.49. The lowest BCUT2D eigenvalue weighted by Gasteiger charge is -2.19. The zero-order valence-electron chi connectivity index (χ0n) is 6.71. The van der Waals surface area contributed by atoms with E-state index in [1.165, 1.54) is 13.8 Å². The summed E-state index contributed by atoms with van der Waals surface area (Å²) in [5.41, 5.74) is 1.79. The summed E-state index contributed by atoms with van der Waals surface area (Å²) in [6.07, 6.45) is 0.988. The molecule has 0 bridgehead atoms. The van der Waals surface area contributed by atoms with Crippen LogP contribution in [0.15, 0.2) is 0 Å². The minimum absolute atomic E-state index is 0.708. The molecule has 0 fully saturated rings. The van der Waals surface area contributed by atoms with Crippen molar-refractivity contribution in [3.8, 4) is 0 Å². The molecule has 0 rings (SSSR count). The highest BCUT2D eigenvalue weighted by Gasteiger charge is 2.37. The maximum Gasteiger partial charge on any atom is 0.254 e. The van der Waals surface area contributed by atoms with E-state index in [4.69, 9.17) is 5.84 Å². The molecule has 0 aromatic carbocycles. The molecule has 66 valence electrons. The Balaban J connectivity index is 4.90. The third kappa shape index (κ3) is 1.90. The molecule has 0 unspecified atom stereocenters. The minimum atomic E-state index is -3.41. The van der Waals surface area contributed by atoms with E-state index in [1.54, 1.807) is 5.43 Å². The molecule has 0 aliphatic heterocycles. The van der Waals surface area contributed by atoms with Gasteiger partial charge in [-0.25, -0.2) is 14.3 Å². The Morgan fingerprint density at radius 1 is 1.45 bits per heavy atom. The highest BCUT2D eigenvalue weighted by atomic mass is 32.2. The number of hydrogen-bond acceptors (Lipinski definition) is 4. The van der Waals surface area contributed by atoms with Crippen molar-refractivity contribution in [1.29, 1.82) is 0 Å². The molecular formula is C5H12N2O3S. The summed E-state index contributed by atoms with van der Waals surface area (Å²) in [4.78, 5) is 10.9. The number of amides is 1. The molecule has 0 radical (unpaired) electrons. The van der Waals surface area contributed by atoms with Crippen LogP contribution in [0.4, 0.5) is 0 Å². The van der Waals surface area contributed by atoms with Crippen molar-refractivity contribution < 1.29 is 13.2 Å². The Morgan fingerprint density at radius 3 is 1.91 bits per heavy atom. The molecule has 5 nitrogen and oxygen atoms in total. The zero-order valence-corrected chi connectivity index (χ0v) is 7.53. The summed E-state index contributed by atoms with van der Waals surface area (Å²) in [6, 6.07) is 0. The summed E-state index contributed by atoms with van der Waals surface area (Å²) in [6.45, 7) is 2.59. The first kappa shape index (κ1) is 10.4. The summed E-state index contributed by atoms with van der Waals surface area (Å²) in [7, 11) is -3.41. The third-order valence-electron chi connectivity index (χ3n) is 1.60. The van der Waals surface area contributed by atoms with Crippen LogP contribution in [0, 0.1) is 0 Å². The van der Waals surface area contributed by atoms with Gasteiger partial charge >= 0.3 is 0 Å². The molecule has 6 heteroatoms. The van der Waals surface area contributed by atoms with Gasteiger partial charge in [0.1, 0.15) is 4.75 Å². The van der Waals surface area contributed by atoms with Gasteiger partial charge in [0.25, 0.3) is 5.91 Å². The van der Waals surface area contributed by atoms with Gasteiger partial charge in [0.05, 0.1) is 0 Å². The normalized spacial score (nSPS) is 12.7. The number of nitrogens with one attached hydrogen (secondary N) is 1. The van der Waals surface area contributed by atoms with Crippen molar-refractivity contribution in [2.24, 2.45) is 5.84 Å². The van der Waals surface area contributed by atoms with E-state index in [9.17, 15) is 13.2 Å². The molecular weight excluding hydrogens is 168 g/mol. The zero-order chi connectivity index (χ0) is 9.28. The Labute approximate surface area is 65.8 Å². The predicted octanol–water partition coefficient (Wildman–Crippen LogP) is -1.20. The van der Waals surface area contributed by atoms with Gasteiger partial charge in [-0.1, -0.05) is 0 Å². The van der Waals surface area contributed by atoms with E-state index in [0.29, 0.717) is 0 Å². The Kier molecular flexibility index (Phi) is 2.63. The lowest BCUT2D eigenvalue weighted by molar-refractivity contribution is -0.122. The van der Waals surface area contributed by atoms with Gasteiger partial charge in [-0.15, -0.1) is 0 Å². The fourth-order valence-corrected chi connectivity index (χ4v) is 0.738. The quantitative estimate of drug-likeness (QED) is 0.317. The molecule has 0 atom stereocenters. The Bertz CT molecular complexity index is 255. The van der Waals surface area contributed by atoms with Gasteiger partial charge in [0.15, 0.2) is 9.84 Å². The number of hydrogen-bond donors (Lipinski definition) is 2. The summed E-state index contributed by atoms with van der Waals surface area (Å²) < 4.78 is 20.4. The van der Waals surface area contributed by atoms with Crippen LogP contribution in [0.1, 0.15) is 13.8 Å². The first-order valence-electron chi connectivity index (χ1n) is 2.94. The molecule has 0 spiro atoms. The number of hydrazine groups is 1. The summed E-state index contributed by atoms with van der Waals surface area (Å²) in [5, 5.41) is 0. The van der Waals surface area contributed by atoms with Gasteiger partial charge in [0.2, 0.25) is 0 Å². The molecule has 0 heterocycles. The van der Waals surface area contributed by atoms with Gasteiger partial charge < -0.3 is 0 Å². The van der Waals surface area contributed by atoms with Crippen molar-refractivity contribution >= 4 is 15.7 Å². The Morgan fingerprint density at radius 2 is 1.82 bits per heavy atom. The van der Waals surface area contributed by atoms with Crippen LogP contribution in [0.3, 0.4) is 0 Å². The lowest BCUT2D eigenvalue weighted by atomic mass is 10.2. The number of rotatable bonds is 2. The molecule has 0 aromatic heterocycles. The predicted molar refractivity (Wildman–Crippen MR) is 41.3 cm³/mol. The monoisotopic (exact) mass is 180 g/mol. The van der Waals surface area contributed by atoms with E-state index < -0.39 is 20.5 Å². The van der Waals surface area contributed by atoms with Crippen molar-refractivity contribution in [2.45, 2.75) is 18.6 Å². The molecule has 0 saturated carbocycles. The first-order chi connectivity index (χ1) is 4.73. The second-order valence-corrected chi connectivity index (χ2v) is 5.32. The third-order valence-corrected chi connectivity index (χ3v) is 3.64. The van der Waals surface area contributed by atoms with E-state index >= 15 is 0 Å². The van der Waals surface area contributed by atoms with Crippen LogP contribution in [0.2, 0.25) is 0 Å². The van der Waals surface area contributed by atoms with Crippen LogP contribution < -0.4 is 11.3 Å². The van der Waals surface area contributed by atoms with Crippen LogP contribution in [-0.4, -0.2) is 25.3 Å². The second kappa shape index (κ2) is 2.78. The van der Waals surface area contributed by atoms with Crippen LogP contribution in [-0.2, 0) is 14.6 Å². The molecule has 0 aliphatic carbocycles. The highest BCUT2D eigenvalue weighted by molar-refractivity contribution is 7.92. The topological polar surface area (TPSA) is 89.3 Å². The average Bonchev–Trinajstić information content (AvgIpc) is 1.83. The maximum atomic E-state index is 10.9. The van der Waals surface area contributed by atoms with Crippen LogP contribution in [0.25, 0.3) is 0 Å². The van der Waals surface area contributed by atoms with Crippen molar-refractivity contribution in [2.75, 3.05) is 6.26 Å². The van der Waals surface area contributed by atoms with Crippen LogP contribution >= 0.6 is 0 Å². The van der Waals surface area contributed by atoms with E-state index in [1.807, 2.05) is 0 Å². The number of nitrogens with two attached hydrogens (primary N) is 1. The van der Waals surface area contributed by atoms with E-state index in [-0.39, 0.29) is 0 Å². The van der Waals surface area contributed by atoms with Gasteiger partial charge in [-0.3, -0.25) is 10.2 Å². The number of carbonyl (C=O) groups is 1. The largest absolute Gasteiger partial charge is 0.293 e. The smallest absolute Gasteiger partial charge is 0.254 e. The Hall–Kier alpha value is -0.620. The van der Waals surface area contributed by atoms with Crippen molar-refractivity contribution in [3.63, 3.8) is 0 Å². The maximum absolute atomic E-state index is 10.9. The number of sulfone groups is 1. The first-order valence-corrected chi connectivity index (χ1v) is 4.83. The fourth-order valence-electron chi connectivity index (χ4n) is 0.342. The highest BCUT2D eigenvalue weighted by Crippen LogP contribution is 2.13. The SMILES string of the molecule is CC(C)(C(=O)NN)S(C)(=O)=O. The number of carbonyl (C=O) groups excluding carboxylic acids is 1. The molecule has 0 saturated heterocycles. The second-order valence-electron chi connectivity index (χ2n) is 2.76. The standard InChI is InChI=1S/C5H12N2O3S/c1-5(2,4(8)7-6)11(3,9)10/h6H2,1-3H3,(H,7,8).